The minimum Gasteiger partial charge on any atom is -0.337 e. The second-order valence-corrected chi connectivity index (χ2v) is 4.85. The van der Waals surface area contributed by atoms with Crippen LogP contribution in [-0.2, 0) is 18.4 Å². The highest BCUT2D eigenvalue weighted by Gasteiger charge is 2.31. The number of nitrogens with zero attached hydrogens (tertiary/aromatic N) is 3. The van der Waals surface area contributed by atoms with E-state index in [4.69, 9.17) is 0 Å². The molecule has 0 bridgehead atoms. The Balaban J connectivity index is 1.98. The number of hydrogen-bond acceptors (Lipinski definition) is 3. The van der Waals surface area contributed by atoms with Crippen LogP contribution in [0.1, 0.15) is 19.2 Å². The molecule has 0 saturated carbocycles. The third-order valence-corrected chi connectivity index (χ3v) is 3.47. The van der Waals surface area contributed by atoms with Crippen LogP contribution in [0.5, 0.6) is 0 Å². The number of nitrogens with one attached hydrogen (secondary N) is 1. The molecule has 1 fully saturated rings. The van der Waals surface area contributed by atoms with E-state index < -0.39 is 0 Å². The maximum atomic E-state index is 12.2. The van der Waals surface area contributed by atoms with Crippen molar-refractivity contribution in [2.45, 2.75) is 25.9 Å². The van der Waals surface area contributed by atoms with Gasteiger partial charge in [0, 0.05) is 26.5 Å². The van der Waals surface area contributed by atoms with Gasteiger partial charge < -0.3 is 14.8 Å². The minimum atomic E-state index is -0.0275. The fourth-order valence-electron chi connectivity index (χ4n) is 2.24. The number of amides is 1. The molecule has 94 valence electrons. The summed E-state index contributed by atoms with van der Waals surface area (Å²) in [6, 6.07) is -0.0275. The predicted molar refractivity (Wildman–Crippen MR) is 65.3 cm³/mol. The molecule has 5 nitrogen and oxygen atoms in total. The van der Waals surface area contributed by atoms with Crippen LogP contribution in [0, 0.1) is 5.92 Å². The highest BCUT2D eigenvalue weighted by atomic mass is 16.2. The monoisotopic (exact) mass is 236 g/mol. The van der Waals surface area contributed by atoms with E-state index in [-0.39, 0.29) is 11.9 Å². The fourth-order valence-corrected chi connectivity index (χ4v) is 2.24. The number of carbonyl (C=O) groups is 1. The molecule has 2 heterocycles. The molecule has 1 saturated heterocycles. The second kappa shape index (κ2) is 4.87. The van der Waals surface area contributed by atoms with Gasteiger partial charge in [0.25, 0.3) is 0 Å². The molecule has 1 aromatic rings. The van der Waals surface area contributed by atoms with Crippen molar-refractivity contribution in [3.8, 4) is 0 Å². The van der Waals surface area contributed by atoms with E-state index >= 15 is 0 Å². The lowest BCUT2D eigenvalue weighted by Crippen LogP contribution is -2.44. The Morgan fingerprint density at radius 2 is 2.47 bits per heavy atom. The van der Waals surface area contributed by atoms with Gasteiger partial charge in [0.15, 0.2) is 0 Å². The third-order valence-electron chi connectivity index (χ3n) is 3.47. The molecule has 5 heteroatoms. The summed E-state index contributed by atoms with van der Waals surface area (Å²) < 4.78 is 1.94. The van der Waals surface area contributed by atoms with Crippen molar-refractivity contribution in [2.75, 3.05) is 13.6 Å². The molecule has 1 aliphatic heterocycles. The lowest BCUT2D eigenvalue weighted by molar-refractivity contribution is -0.133. The van der Waals surface area contributed by atoms with Crippen LogP contribution in [0.2, 0.25) is 0 Å². The number of rotatable bonds is 3. The molecule has 2 atom stereocenters. The molecule has 0 spiro atoms. The van der Waals surface area contributed by atoms with Crippen molar-refractivity contribution < 1.29 is 4.79 Å². The fraction of sp³-hybridized carbons (Fsp3) is 0.667. The third kappa shape index (κ3) is 2.49. The Morgan fingerprint density at radius 3 is 3.00 bits per heavy atom. The lowest BCUT2D eigenvalue weighted by atomic mass is 10.0. The summed E-state index contributed by atoms with van der Waals surface area (Å²) in [7, 11) is 3.78. The van der Waals surface area contributed by atoms with E-state index in [2.05, 4.69) is 17.2 Å². The van der Waals surface area contributed by atoms with Gasteiger partial charge in [0.2, 0.25) is 5.91 Å². The largest absolute Gasteiger partial charge is 0.337 e. The number of aryl methyl sites for hydroxylation is 1. The molecule has 1 aromatic heterocycles. The average molecular weight is 236 g/mol. The van der Waals surface area contributed by atoms with Gasteiger partial charge in [-0.3, -0.25) is 4.79 Å². The Morgan fingerprint density at radius 1 is 1.71 bits per heavy atom. The summed E-state index contributed by atoms with van der Waals surface area (Å²) in [5.74, 6) is 1.50. The van der Waals surface area contributed by atoms with E-state index in [0.717, 1.165) is 18.8 Å². The van der Waals surface area contributed by atoms with Crippen molar-refractivity contribution in [3.63, 3.8) is 0 Å². The van der Waals surface area contributed by atoms with Crippen LogP contribution < -0.4 is 5.32 Å². The summed E-state index contributed by atoms with van der Waals surface area (Å²) in [5.41, 5.74) is 0. The van der Waals surface area contributed by atoms with E-state index in [1.165, 1.54) is 0 Å². The highest BCUT2D eigenvalue weighted by Crippen LogP contribution is 2.16. The molecular formula is C12H20N4O. The van der Waals surface area contributed by atoms with Crippen molar-refractivity contribution >= 4 is 5.91 Å². The Labute approximate surface area is 102 Å². The first-order valence-corrected chi connectivity index (χ1v) is 6.04. The van der Waals surface area contributed by atoms with Crippen LogP contribution in [0.4, 0.5) is 0 Å². The van der Waals surface area contributed by atoms with Gasteiger partial charge in [0.1, 0.15) is 5.82 Å². The maximum absolute atomic E-state index is 12.2. The Hall–Kier alpha value is -1.36. The van der Waals surface area contributed by atoms with Gasteiger partial charge in [-0.2, -0.15) is 0 Å². The number of carbonyl (C=O) groups excluding carboxylic acids is 1. The summed E-state index contributed by atoms with van der Waals surface area (Å²) in [4.78, 5) is 18.2. The topological polar surface area (TPSA) is 50.2 Å². The zero-order valence-corrected chi connectivity index (χ0v) is 10.7. The maximum Gasteiger partial charge on any atom is 0.240 e. The summed E-state index contributed by atoms with van der Waals surface area (Å²) >= 11 is 0. The average Bonchev–Trinajstić information content (AvgIpc) is 2.88. The van der Waals surface area contributed by atoms with Gasteiger partial charge in [-0.1, -0.05) is 6.92 Å². The summed E-state index contributed by atoms with van der Waals surface area (Å²) in [6.45, 7) is 3.62. The molecule has 1 N–H and O–H groups in total. The molecular weight excluding hydrogens is 216 g/mol. The predicted octanol–water partition coefficient (Wildman–Crippen LogP) is 0.376. The van der Waals surface area contributed by atoms with Crippen LogP contribution in [0.25, 0.3) is 0 Å². The zero-order chi connectivity index (χ0) is 12.4. The first kappa shape index (κ1) is 12.1. The van der Waals surface area contributed by atoms with E-state index in [1.54, 1.807) is 11.1 Å². The highest BCUT2D eigenvalue weighted by molar-refractivity contribution is 5.82. The molecule has 0 aliphatic carbocycles. The van der Waals surface area contributed by atoms with Gasteiger partial charge in [0.05, 0.1) is 12.6 Å². The normalized spacial score (nSPS) is 23.9. The number of hydrogen-bond donors (Lipinski definition) is 1. The molecule has 17 heavy (non-hydrogen) atoms. The number of imidazole rings is 1. The smallest absolute Gasteiger partial charge is 0.240 e. The Kier molecular flexibility index (Phi) is 3.47. The molecule has 0 radical (unpaired) electrons. The SMILES string of the molecule is CC1CCNC1C(=O)N(C)Cc1nccn1C. The van der Waals surface area contributed by atoms with Crippen molar-refractivity contribution in [1.82, 2.24) is 19.8 Å². The van der Waals surface area contributed by atoms with E-state index in [9.17, 15) is 4.79 Å². The van der Waals surface area contributed by atoms with Crippen molar-refractivity contribution in [3.05, 3.63) is 18.2 Å². The van der Waals surface area contributed by atoms with Gasteiger partial charge in [-0.15, -0.1) is 0 Å². The first-order chi connectivity index (χ1) is 8.09. The summed E-state index contributed by atoms with van der Waals surface area (Å²) in [5, 5.41) is 3.26. The van der Waals surface area contributed by atoms with E-state index in [1.807, 2.05) is 24.9 Å². The van der Waals surface area contributed by atoms with Gasteiger partial charge in [-0.25, -0.2) is 4.98 Å². The molecule has 2 rings (SSSR count). The van der Waals surface area contributed by atoms with Crippen molar-refractivity contribution in [2.24, 2.45) is 13.0 Å². The van der Waals surface area contributed by atoms with Crippen LogP contribution in [0.15, 0.2) is 12.4 Å². The molecule has 1 aliphatic rings. The van der Waals surface area contributed by atoms with Crippen LogP contribution >= 0.6 is 0 Å². The quantitative estimate of drug-likeness (QED) is 0.825. The number of aromatic nitrogens is 2. The van der Waals surface area contributed by atoms with Crippen molar-refractivity contribution in [1.29, 1.82) is 0 Å². The van der Waals surface area contributed by atoms with Gasteiger partial charge >= 0.3 is 0 Å². The minimum absolute atomic E-state index is 0.0275. The molecule has 1 amide bonds. The Bertz CT molecular complexity index is 401. The van der Waals surface area contributed by atoms with E-state index in [0.29, 0.717) is 12.5 Å². The molecule has 0 aromatic carbocycles. The molecule has 2 unspecified atom stereocenters. The standard InChI is InChI=1S/C12H20N4O/c1-9-4-5-14-11(9)12(17)16(3)8-10-13-6-7-15(10)2/h6-7,9,11,14H,4-5,8H2,1-3H3. The number of likely N-dealkylation sites (N-methyl/N-ethyl adjacent to an activating group) is 1. The van der Waals surface area contributed by atoms with Crippen LogP contribution in [0.3, 0.4) is 0 Å². The summed E-state index contributed by atoms with van der Waals surface area (Å²) in [6.07, 6.45) is 4.72. The first-order valence-electron chi connectivity index (χ1n) is 6.04. The lowest BCUT2D eigenvalue weighted by Gasteiger charge is -2.23. The van der Waals surface area contributed by atoms with Gasteiger partial charge in [-0.05, 0) is 18.9 Å². The second-order valence-electron chi connectivity index (χ2n) is 4.85. The van der Waals surface area contributed by atoms with Crippen LogP contribution in [-0.4, -0.2) is 40.0 Å². The zero-order valence-electron chi connectivity index (χ0n) is 10.7.